The molecule has 1 aliphatic carbocycles. The van der Waals surface area contributed by atoms with Crippen molar-refractivity contribution in [2.75, 3.05) is 7.11 Å². The molecule has 1 aromatic carbocycles. The van der Waals surface area contributed by atoms with E-state index in [0.717, 1.165) is 29.7 Å². The van der Waals surface area contributed by atoms with Gasteiger partial charge >= 0.3 is 0 Å². The van der Waals surface area contributed by atoms with Gasteiger partial charge in [0.1, 0.15) is 18.4 Å². The maximum atomic E-state index is 12.5. The Morgan fingerprint density at radius 2 is 2.37 bits per heavy atom. The summed E-state index contributed by atoms with van der Waals surface area (Å²) in [5, 5.41) is 4.06. The van der Waals surface area contributed by atoms with Gasteiger partial charge in [0.05, 0.1) is 13.7 Å². The van der Waals surface area contributed by atoms with E-state index in [1.54, 1.807) is 18.1 Å². The van der Waals surface area contributed by atoms with E-state index in [0.29, 0.717) is 6.54 Å². The molecule has 0 saturated carbocycles. The van der Waals surface area contributed by atoms with E-state index in [4.69, 9.17) is 4.74 Å². The first-order valence-electron chi connectivity index (χ1n) is 6.31. The molecule has 1 aliphatic rings. The topological polar surface area (TPSA) is 57.0 Å². The van der Waals surface area contributed by atoms with Crippen LogP contribution < -0.4 is 4.74 Å². The minimum atomic E-state index is -0.0266. The van der Waals surface area contributed by atoms with Crippen LogP contribution in [0.4, 0.5) is 0 Å². The van der Waals surface area contributed by atoms with Crippen LogP contribution >= 0.6 is 0 Å². The Kier molecular flexibility index (Phi) is 3.03. The van der Waals surface area contributed by atoms with Gasteiger partial charge in [-0.05, 0) is 30.5 Å². The number of methoxy groups -OCH3 is 1. The predicted molar refractivity (Wildman–Crippen MR) is 69.2 cm³/mol. The van der Waals surface area contributed by atoms with E-state index in [9.17, 15) is 4.79 Å². The Morgan fingerprint density at radius 3 is 3.11 bits per heavy atom. The molecule has 0 spiro atoms. The van der Waals surface area contributed by atoms with Crippen LogP contribution in [0.2, 0.25) is 0 Å². The van der Waals surface area contributed by atoms with Gasteiger partial charge < -0.3 is 4.74 Å². The number of fused-ring (bicyclic) bond motifs is 1. The molecule has 0 radical (unpaired) electrons. The van der Waals surface area contributed by atoms with Gasteiger partial charge in [0.15, 0.2) is 5.78 Å². The highest BCUT2D eigenvalue weighted by molar-refractivity contribution is 6.00. The number of hydrogen-bond acceptors (Lipinski definition) is 4. The van der Waals surface area contributed by atoms with Crippen LogP contribution in [0.25, 0.3) is 0 Å². The smallest absolute Gasteiger partial charge is 0.168 e. The number of Topliss-reactive ketones (excluding diaryl/α,β-unsaturated/α-hetero) is 1. The fraction of sp³-hybridized carbons (Fsp3) is 0.357. The lowest BCUT2D eigenvalue weighted by atomic mass is 9.82. The Bertz CT molecular complexity index is 593. The van der Waals surface area contributed by atoms with Crippen LogP contribution in [0.5, 0.6) is 5.75 Å². The zero-order chi connectivity index (χ0) is 13.2. The van der Waals surface area contributed by atoms with Crippen molar-refractivity contribution in [1.29, 1.82) is 0 Å². The number of carbonyl (C=O) groups is 1. The van der Waals surface area contributed by atoms with Crippen molar-refractivity contribution in [3.05, 3.63) is 42.0 Å². The highest BCUT2D eigenvalue weighted by Gasteiger charge is 2.28. The van der Waals surface area contributed by atoms with E-state index in [-0.39, 0.29) is 11.7 Å². The average Bonchev–Trinajstić information content (AvgIpc) is 2.95. The molecule has 1 aromatic heterocycles. The van der Waals surface area contributed by atoms with Gasteiger partial charge in [-0.15, -0.1) is 0 Å². The number of aromatic nitrogens is 3. The molecule has 2 aromatic rings. The van der Waals surface area contributed by atoms with Crippen LogP contribution in [-0.2, 0) is 13.0 Å². The minimum Gasteiger partial charge on any atom is -0.497 e. The van der Waals surface area contributed by atoms with Crippen molar-refractivity contribution in [2.24, 2.45) is 5.92 Å². The van der Waals surface area contributed by atoms with Crippen LogP contribution in [0.1, 0.15) is 22.3 Å². The second kappa shape index (κ2) is 4.84. The summed E-state index contributed by atoms with van der Waals surface area (Å²) in [5.74, 6) is 0.880. The number of carbonyl (C=O) groups excluding carboxylic acids is 1. The van der Waals surface area contributed by atoms with E-state index >= 15 is 0 Å². The third kappa shape index (κ3) is 2.23. The summed E-state index contributed by atoms with van der Waals surface area (Å²) in [6, 6.07) is 5.73. The molecule has 0 N–H and O–H groups in total. The molecule has 1 atom stereocenters. The van der Waals surface area contributed by atoms with Crippen molar-refractivity contribution in [3.63, 3.8) is 0 Å². The summed E-state index contributed by atoms with van der Waals surface area (Å²) < 4.78 is 6.91. The maximum absolute atomic E-state index is 12.5. The first kappa shape index (κ1) is 11.9. The van der Waals surface area contributed by atoms with E-state index < -0.39 is 0 Å². The Morgan fingerprint density at radius 1 is 1.47 bits per heavy atom. The van der Waals surface area contributed by atoms with E-state index in [2.05, 4.69) is 10.1 Å². The molecule has 0 fully saturated rings. The Hall–Kier alpha value is -2.17. The first-order valence-corrected chi connectivity index (χ1v) is 6.31. The second-order valence-corrected chi connectivity index (χ2v) is 4.74. The summed E-state index contributed by atoms with van der Waals surface area (Å²) in [7, 11) is 1.61. The molecule has 0 aliphatic heterocycles. The number of rotatable bonds is 3. The van der Waals surface area contributed by atoms with Gasteiger partial charge in [0.25, 0.3) is 0 Å². The average molecular weight is 257 g/mol. The van der Waals surface area contributed by atoms with Crippen LogP contribution in [-0.4, -0.2) is 27.7 Å². The number of ketones is 1. The molecule has 0 amide bonds. The molecule has 19 heavy (non-hydrogen) atoms. The monoisotopic (exact) mass is 257 g/mol. The molecular weight excluding hydrogens is 242 g/mol. The standard InChI is InChI=1S/C14H15N3O2/c1-19-12-5-4-10-2-3-11(14(18)13(10)6-12)7-17-9-15-8-16-17/h4-6,8-9,11H,2-3,7H2,1H3. The quantitative estimate of drug-likeness (QED) is 0.840. The largest absolute Gasteiger partial charge is 0.497 e. The van der Waals surface area contributed by atoms with Crippen molar-refractivity contribution in [3.8, 4) is 5.75 Å². The molecule has 5 nitrogen and oxygen atoms in total. The maximum Gasteiger partial charge on any atom is 0.168 e. The van der Waals surface area contributed by atoms with Gasteiger partial charge in [0.2, 0.25) is 0 Å². The van der Waals surface area contributed by atoms with Gasteiger partial charge in [-0.3, -0.25) is 9.48 Å². The van der Waals surface area contributed by atoms with E-state index in [1.807, 2.05) is 18.2 Å². The zero-order valence-electron chi connectivity index (χ0n) is 10.7. The SMILES string of the molecule is COc1ccc2c(c1)C(=O)C(Cn1cncn1)CC2. The molecule has 0 bridgehead atoms. The molecule has 3 rings (SSSR count). The second-order valence-electron chi connectivity index (χ2n) is 4.74. The summed E-state index contributed by atoms with van der Waals surface area (Å²) in [6.07, 6.45) is 4.92. The van der Waals surface area contributed by atoms with Crippen molar-refractivity contribution in [1.82, 2.24) is 14.8 Å². The number of nitrogens with zero attached hydrogens (tertiary/aromatic N) is 3. The summed E-state index contributed by atoms with van der Waals surface area (Å²) in [5.41, 5.74) is 1.90. The van der Waals surface area contributed by atoms with Gasteiger partial charge in [0, 0.05) is 11.5 Å². The lowest BCUT2D eigenvalue weighted by Gasteiger charge is -2.23. The van der Waals surface area contributed by atoms with Crippen LogP contribution in [0.15, 0.2) is 30.9 Å². The molecule has 1 unspecified atom stereocenters. The predicted octanol–water partition coefficient (Wildman–Crippen LogP) is 1.73. The number of aryl methyl sites for hydroxylation is 1. The zero-order valence-corrected chi connectivity index (χ0v) is 10.7. The number of benzene rings is 1. The van der Waals surface area contributed by atoms with Gasteiger partial charge in [-0.25, -0.2) is 4.98 Å². The highest BCUT2D eigenvalue weighted by Crippen LogP contribution is 2.29. The fourth-order valence-corrected chi connectivity index (χ4v) is 2.54. The van der Waals surface area contributed by atoms with Crippen molar-refractivity contribution < 1.29 is 9.53 Å². The molecular formula is C14H15N3O2. The molecule has 0 saturated heterocycles. The normalized spacial score (nSPS) is 18.2. The third-order valence-corrected chi connectivity index (χ3v) is 3.59. The Labute approximate surface area is 111 Å². The highest BCUT2D eigenvalue weighted by atomic mass is 16.5. The summed E-state index contributed by atoms with van der Waals surface area (Å²) in [4.78, 5) is 16.4. The minimum absolute atomic E-state index is 0.0266. The van der Waals surface area contributed by atoms with Gasteiger partial charge in [-0.1, -0.05) is 6.07 Å². The molecule has 98 valence electrons. The van der Waals surface area contributed by atoms with Crippen molar-refractivity contribution >= 4 is 5.78 Å². The third-order valence-electron chi connectivity index (χ3n) is 3.59. The summed E-state index contributed by atoms with van der Waals surface area (Å²) >= 11 is 0. The summed E-state index contributed by atoms with van der Waals surface area (Å²) in [6.45, 7) is 0.593. The fourth-order valence-electron chi connectivity index (χ4n) is 2.54. The number of hydrogen-bond donors (Lipinski definition) is 0. The molecule has 1 heterocycles. The van der Waals surface area contributed by atoms with Gasteiger partial charge in [-0.2, -0.15) is 5.10 Å². The first-order chi connectivity index (χ1) is 9.28. The van der Waals surface area contributed by atoms with E-state index in [1.165, 1.54) is 6.33 Å². The van der Waals surface area contributed by atoms with Crippen LogP contribution in [0.3, 0.4) is 0 Å². The lowest BCUT2D eigenvalue weighted by molar-refractivity contribution is 0.0884. The number of ether oxygens (including phenoxy) is 1. The van der Waals surface area contributed by atoms with Crippen molar-refractivity contribution in [2.45, 2.75) is 19.4 Å². The Balaban J connectivity index is 1.86. The molecule has 5 heteroatoms. The lowest BCUT2D eigenvalue weighted by Crippen LogP contribution is -2.26. The van der Waals surface area contributed by atoms with Crippen LogP contribution in [0, 0.1) is 5.92 Å².